The Labute approximate surface area is 128 Å². The molecule has 2 atom stereocenters. The fraction of sp³-hybridized carbons (Fsp3) is 0.500. The second-order valence-corrected chi connectivity index (χ2v) is 5.67. The fourth-order valence-corrected chi connectivity index (χ4v) is 2.44. The van der Waals surface area contributed by atoms with Gasteiger partial charge in [-0.3, -0.25) is 4.68 Å². The van der Waals surface area contributed by atoms with Crippen molar-refractivity contribution >= 4 is 0 Å². The standard InChI is InChI=1S/C18H27N3/c1-4-12-19-18(16-9-7-6-8-10-16)14-17-11-13-21(20-17)15(3)5-2/h6-11,13,15,18-19H,4-5,12,14H2,1-3H3. The molecule has 2 unspecified atom stereocenters. The average molecular weight is 285 g/mol. The molecule has 1 aromatic heterocycles. The van der Waals surface area contributed by atoms with Crippen LogP contribution in [0.4, 0.5) is 0 Å². The molecule has 0 aliphatic rings. The van der Waals surface area contributed by atoms with Gasteiger partial charge in [0.2, 0.25) is 0 Å². The lowest BCUT2D eigenvalue weighted by Crippen LogP contribution is -2.24. The average Bonchev–Trinajstić information content (AvgIpc) is 3.00. The molecule has 0 spiro atoms. The summed E-state index contributed by atoms with van der Waals surface area (Å²) in [6.45, 7) is 7.64. The molecule has 2 rings (SSSR count). The molecule has 1 heterocycles. The summed E-state index contributed by atoms with van der Waals surface area (Å²) in [5.41, 5.74) is 2.50. The number of hydrogen-bond acceptors (Lipinski definition) is 2. The molecule has 0 fully saturated rings. The highest BCUT2D eigenvalue weighted by molar-refractivity contribution is 5.21. The Bertz CT molecular complexity index is 518. The van der Waals surface area contributed by atoms with E-state index >= 15 is 0 Å². The quantitative estimate of drug-likeness (QED) is 0.790. The monoisotopic (exact) mass is 285 g/mol. The zero-order valence-electron chi connectivity index (χ0n) is 13.4. The van der Waals surface area contributed by atoms with Crippen molar-refractivity contribution < 1.29 is 0 Å². The van der Waals surface area contributed by atoms with Crippen LogP contribution in [-0.4, -0.2) is 16.3 Å². The topological polar surface area (TPSA) is 29.9 Å². The van der Waals surface area contributed by atoms with Gasteiger partial charge in [0, 0.05) is 24.7 Å². The van der Waals surface area contributed by atoms with Crippen molar-refractivity contribution in [2.75, 3.05) is 6.54 Å². The molecular formula is C18H27N3. The van der Waals surface area contributed by atoms with Crippen molar-refractivity contribution in [2.45, 2.75) is 52.1 Å². The van der Waals surface area contributed by atoms with Gasteiger partial charge in [0.1, 0.15) is 0 Å². The molecule has 0 radical (unpaired) electrons. The maximum absolute atomic E-state index is 4.73. The van der Waals surface area contributed by atoms with E-state index in [0.717, 1.165) is 31.5 Å². The lowest BCUT2D eigenvalue weighted by molar-refractivity contribution is 0.465. The van der Waals surface area contributed by atoms with Gasteiger partial charge in [0.25, 0.3) is 0 Å². The van der Waals surface area contributed by atoms with Crippen LogP contribution in [0.15, 0.2) is 42.6 Å². The van der Waals surface area contributed by atoms with Crippen LogP contribution < -0.4 is 5.32 Å². The van der Waals surface area contributed by atoms with Gasteiger partial charge in [-0.15, -0.1) is 0 Å². The van der Waals surface area contributed by atoms with Gasteiger partial charge in [-0.25, -0.2) is 0 Å². The fourth-order valence-electron chi connectivity index (χ4n) is 2.44. The first-order valence-corrected chi connectivity index (χ1v) is 8.07. The van der Waals surface area contributed by atoms with E-state index in [0.29, 0.717) is 12.1 Å². The van der Waals surface area contributed by atoms with Crippen LogP contribution in [0.25, 0.3) is 0 Å². The van der Waals surface area contributed by atoms with Crippen LogP contribution in [-0.2, 0) is 6.42 Å². The molecule has 21 heavy (non-hydrogen) atoms. The van der Waals surface area contributed by atoms with Gasteiger partial charge >= 0.3 is 0 Å². The van der Waals surface area contributed by atoms with Gasteiger partial charge in [-0.1, -0.05) is 44.2 Å². The van der Waals surface area contributed by atoms with E-state index in [1.807, 2.05) is 0 Å². The van der Waals surface area contributed by atoms with E-state index in [9.17, 15) is 0 Å². The van der Waals surface area contributed by atoms with Crippen molar-refractivity contribution in [3.8, 4) is 0 Å². The predicted molar refractivity (Wildman–Crippen MR) is 88.4 cm³/mol. The van der Waals surface area contributed by atoms with Crippen LogP contribution in [0.5, 0.6) is 0 Å². The van der Waals surface area contributed by atoms with E-state index < -0.39 is 0 Å². The lowest BCUT2D eigenvalue weighted by atomic mass is 10.0. The third-order valence-electron chi connectivity index (χ3n) is 3.96. The zero-order chi connectivity index (χ0) is 15.1. The maximum atomic E-state index is 4.73. The van der Waals surface area contributed by atoms with Gasteiger partial charge in [-0.05, 0) is 37.9 Å². The Balaban J connectivity index is 2.09. The van der Waals surface area contributed by atoms with Crippen molar-refractivity contribution in [3.63, 3.8) is 0 Å². The first-order chi connectivity index (χ1) is 10.2. The Hall–Kier alpha value is -1.61. The van der Waals surface area contributed by atoms with E-state index in [1.54, 1.807) is 0 Å². The summed E-state index contributed by atoms with van der Waals surface area (Å²) in [4.78, 5) is 0. The van der Waals surface area contributed by atoms with E-state index in [1.165, 1.54) is 5.56 Å². The van der Waals surface area contributed by atoms with Gasteiger partial charge in [-0.2, -0.15) is 5.10 Å². The summed E-state index contributed by atoms with van der Waals surface area (Å²) in [7, 11) is 0. The second-order valence-electron chi connectivity index (χ2n) is 5.67. The summed E-state index contributed by atoms with van der Waals surface area (Å²) < 4.78 is 2.08. The third-order valence-corrected chi connectivity index (χ3v) is 3.96. The van der Waals surface area contributed by atoms with E-state index in [-0.39, 0.29) is 0 Å². The molecule has 0 saturated carbocycles. The van der Waals surface area contributed by atoms with Crippen molar-refractivity contribution in [2.24, 2.45) is 0 Å². The predicted octanol–water partition coefficient (Wildman–Crippen LogP) is 4.14. The van der Waals surface area contributed by atoms with Crippen LogP contribution in [0.1, 0.15) is 57.0 Å². The van der Waals surface area contributed by atoms with E-state index in [4.69, 9.17) is 5.10 Å². The Morgan fingerprint density at radius 1 is 1.14 bits per heavy atom. The van der Waals surface area contributed by atoms with Crippen molar-refractivity contribution in [1.29, 1.82) is 0 Å². The number of nitrogens with zero attached hydrogens (tertiary/aromatic N) is 2. The maximum Gasteiger partial charge on any atom is 0.0643 e. The molecular weight excluding hydrogens is 258 g/mol. The second kappa shape index (κ2) is 7.99. The molecule has 0 saturated heterocycles. The highest BCUT2D eigenvalue weighted by atomic mass is 15.3. The minimum absolute atomic E-state index is 0.339. The van der Waals surface area contributed by atoms with Crippen LogP contribution in [0.3, 0.4) is 0 Å². The molecule has 0 bridgehead atoms. The molecule has 1 aromatic carbocycles. The van der Waals surface area contributed by atoms with Crippen molar-refractivity contribution in [3.05, 3.63) is 53.9 Å². The molecule has 0 aliphatic carbocycles. The lowest BCUT2D eigenvalue weighted by Gasteiger charge is -2.18. The van der Waals surface area contributed by atoms with Crippen LogP contribution in [0.2, 0.25) is 0 Å². The molecule has 0 amide bonds. The smallest absolute Gasteiger partial charge is 0.0643 e. The molecule has 3 heteroatoms. The molecule has 0 aliphatic heterocycles. The van der Waals surface area contributed by atoms with Gasteiger partial charge < -0.3 is 5.32 Å². The number of nitrogens with one attached hydrogen (secondary N) is 1. The number of aromatic nitrogens is 2. The zero-order valence-corrected chi connectivity index (χ0v) is 13.4. The molecule has 114 valence electrons. The highest BCUT2D eigenvalue weighted by Crippen LogP contribution is 2.18. The molecule has 1 N–H and O–H groups in total. The summed E-state index contributed by atoms with van der Waals surface area (Å²) in [5.74, 6) is 0. The summed E-state index contributed by atoms with van der Waals surface area (Å²) in [5, 5.41) is 8.37. The van der Waals surface area contributed by atoms with Crippen molar-refractivity contribution in [1.82, 2.24) is 15.1 Å². The Kier molecular flexibility index (Phi) is 6.00. The number of rotatable bonds is 8. The SMILES string of the molecule is CCCNC(Cc1ccn(C(C)CC)n1)c1ccccc1. The largest absolute Gasteiger partial charge is 0.310 e. The molecule has 2 aromatic rings. The summed E-state index contributed by atoms with van der Waals surface area (Å²) in [6, 6.07) is 13.6. The summed E-state index contributed by atoms with van der Waals surface area (Å²) in [6.07, 6.45) is 5.29. The van der Waals surface area contributed by atoms with Crippen LogP contribution in [0, 0.1) is 0 Å². The van der Waals surface area contributed by atoms with Gasteiger partial charge in [0.15, 0.2) is 0 Å². The summed E-state index contributed by atoms with van der Waals surface area (Å²) >= 11 is 0. The molecule has 3 nitrogen and oxygen atoms in total. The van der Waals surface area contributed by atoms with Crippen LogP contribution >= 0.6 is 0 Å². The normalized spacial score (nSPS) is 14.0. The Morgan fingerprint density at radius 2 is 1.90 bits per heavy atom. The first kappa shape index (κ1) is 15.8. The first-order valence-electron chi connectivity index (χ1n) is 8.07. The minimum atomic E-state index is 0.339. The third kappa shape index (κ3) is 4.43. The highest BCUT2D eigenvalue weighted by Gasteiger charge is 2.13. The number of hydrogen-bond donors (Lipinski definition) is 1. The Morgan fingerprint density at radius 3 is 2.57 bits per heavy atom. The van der Waals surface area contributed by atoms with Gasteiger partial charge in [0.05, 0.1) is 5.69 Å². The number of benzene rings is 1. The van der Waals surface area contributed by atoms with E-state index in [2.05, 4.69) is 73.4 Å². The minimum Gasteiger partial charge on any atom is -0.310 e.